The lowest BCUT2D eigenvalue weighted by Crippen LogP contribution is -2.48. The van der Waals surface area contributed by atoms with Crippen molar-refractivity contribution in [2.24, 2.45) is 0 Å². The second-order valence-electron chi connectivity index (χ2n) is 7.47. The molecule has 4 rings (SSSR count). The summed E-state index contributed by atoms with van der Waals surface area (Å²) in [7, 11) is 0. The van der Waals surface area contributed by atoms with Crippen molar-refractivity contribution in [1.82, 2.24) is 14.7 Å². The molecule has 0 radical (unpaired) electrons. The smallest absolute Gasteiger partial charge is 0.338 e. The molecule has 3 fully saturated rings. The van der Waals surface area contributed by atoms with Gasteiger partial charge in [-0.15, -0.1) is 0 Å². The minimum absolute atomic E-state index is 0.0190. The Bertz CT molecular complexity index is 814. The third-order valence-electron chi connectivity index (χ3n) is 5.59. The number of likely N-dealkylation sites (tertiary alicyclic amines) is 1. The number of amides is 4. The molecule has 1 aromatic carbocycles. The Balaban J connectivity index is 1.42. The Kier molecular flexibility index (Phi) is 4.55. The first-order chi connectivity index (χ1) is 13.3. The second kappa shape index (κ2) is 6.79. The monoisotopic (exact) mass is 395 g/mol. The SMILES string of the molecule is O=C(c1ccccc1C(F)(F)F)N1CCC(N2CC(=O)N(C3CC3)C2=O)CC1. The van der Waals surface area contributed by atoms with Gasteiger partial charge in [0.25, 0.3) is 11.8 Å². The summed E-state index contributed by atoms with van der Waals surface area (Å²) >= 11 is 0. The molecule has 0 aromatic heterocycles. The number of imide groups is 1. The van der Waals surface area contributed by atoms with Crippen LogP contribution in [0.3, 0.4) is 0 Å². The minimum Gasteiger partial charge on any atom is -0.338 e. The van der Waals surface area contributed by atoms with Gasteiger partial charge in [-0.25, -0.2) is 4.79 Å². The number of piperidine rings is 1. The van der Waals surface area contributed by atoms with Gasteiger partial charge < -0.3 is 9.80 Å². The van der Waals surface area contributed by atoms with Gasteiger partial charge in [-0.05, 0) is 37.8 Å². The highest BCUT2D eigenvalue weighted by Gasteiger charge is 2.47. The lowest BCUT2D eigenvalue weighted by atomic mass is 10.0. The fraction of sp³-hybridized carbons (Fsp3) is 0.526. The van der Waals surface area contributed by atoms with Crippen molar-refractivity contribution >= 4 is 17.8 Å². The van der Waals surface area contributed by atoms with E-state index in [0.717, 1.165) is 18.9 Å². The maximum absolute atomic E-state index is 13.2. The quantitative estimate of drug-likeness (QED) is 0.740. The number of urea groups is 1. The fourth-order valence-electron chi connectivity index (χ4n) is 3.98. The van der Waals surface area contributed by atoms with Gasteiger partial charge in [0.1, 0.15) is 6.54 Å². The van der Waals surface area contributed by atoms with Crippen LogP contribution in [-0.4, -0.2) is 64.3 Å². The molecule has 0 N–H and O–H groups in total. The summed E-state index contributed by atoms with van der Waals surface area (Å²) in [5.74, 6) is -0.847. The molecule has 1 aromatic rings. The van der Waals surface area contributed by atoms with Crippen LogP contribution in [-0.2, 0) is 11.0 Å². The Morgan fingerprint density at radius 1 is 0.964 bits per heavy atom. The molecule has 9 heteroatoms. The summed E-state index contributed by atoms with van der Waals surface area (Å²) in [6.07, 6.45) is -2.03. The van der Waals surface area contributed by atoms with E-state index in [2.05, 4.69) is 0 Å². The van der Waals surface area contributed by atoms with Crippen LogP contribution in [0, 0.1) is 0 Å². The Morgan fingerprint density at radius 3 is 2.21 bits per heavy atom. The van der Waals surface area contributed by atoms with Gasteiger partial charge in [-0.1, -0.05) is 12.1 Å². The van der Waals surface area contributed by atoms with Gasteiger partial charge in [0.2, 0.25) is 0 Å². The molecule has 0 atom stereocenters. The minimum atomic E-state index is -4.60. The van der Waals surface area contributed by atoms with E-state index in [1.54, 1.807) is 4.90 Å². The number of hydrogen-bond donors (Lipinski definition) is 0. The molecule has 1 saturated carbocycles. The summed E-state index contributed by atoms with van der Waals surface area (Å²) in [5, 5.41) is 0. The average Bonchev–Trinajstić information content (AvgIpc) is 3.45. The van der Waals surface area contributed by atoms with Gasteiger partial charge >= 0.3 is 12.2 Å². The molecular formula is C19H20F3N3O3. The number of nitrogens with zero attached hydrogens (tertiary/aromatic N) is 3. The Morgan fingerprint density at radius 2 is 1.61 bits per heavy atom. The lowest BCUT2D eigenvalue weighted by Gasteiger charge is -2.36. The van der Waals surface area contributed by atoms with Crippen LogP contribution in [0.25, 0.3) is 0 Å². The van der Waals surface area contributed by atoms with Crippen LogP contribution in [0.1, 0.15) is 41.6 Å². The first kappa shape index (κ1) is 18.8. The third-order valence-corrected chi connectivity index (χ3v) is 5.59. The lowest BCUT2D eigenvalue weighted by molar-refractivity contribution is -0.138. The summed E-state index contributed by atoms with van der Waals surface area (Å²) < 4.78 is 39.5. The fourth-order valence-corrected chi connectivity index (χ4v) is 3.98. The first-order valence-electron chi connectivity index (χ1n) is 9.35. The molecule has 6 nitrogen and oxygen atoms in total. The maximum atomic E-state index is 13.2. The normalized spacial score (nSPS) is 21.6. The van der Waals surface area contributed by atoms with E-state index in [1.165, 1.54) is 28.0 Å². The third kappa shape index (κ3) is 3.33. The summed E-state index contributed by atoms with van der Waals surface area (Å²) in [5.41, 5.74) is -1.30. The predicted octanol–water partition coefficient (Wildman–Crippen LogP) is 2.74. The molecule has 3 aliphatic rings. The van der Waals surface area contributed by atoms with Crippen LogP contribution >= 0.6 is 0 Å². The maximum Gasteiger partial charge on any atom is 0.417 e. The van der Waals surface area contributed by atoms with Crippen LogP contribution in [0.5, 0.6) is 0 Å². The molecule has 2 aliphatic heterocycles. The second-order valence-corrected chi connectivity index (χ2v) is 7.47. The van der Waals surface area contributed by atoms with E-state index in [0.29, 0.717) is 12.8 Å². The van der Waals surface area contributed by atoms with Crippen molar-refractivity contribution in [1.29, 1.82) is 0 Å². The van der Waals surface area contributed by atoms with E-state index in [1.807, 2.05) is 0 Å². The first-order valence-corrected chi connectivity index (χ1v) is 9.35. The van der Waals surface area contributed by atoms with E-state index < -0.39 is 17.6 Å². The number of carbonyl (C=O) groups excluding carboxylic acids is 3. The van der Waals surface area contributed by atoms with Gasteiger partial charge in [0.15, 0.2) is 0 Å². The van der Waals surface area contributed by atoms with Crippen molar-refractivity contribution in [3.8, 4) is 0 Å². The molecule has 1 aliphatic carbocycles. The molecule has 0 spiro atoms. The highest BCUT2D eigenvalue weighted by Crippen LogP contribution is 2.34. The summed E-state index contributed by atoms with van der Waals surface area (Å²) in [6.45, 7) is 0.541. The molecule has 0 bridgehead atoms. The van der Waals surface area contributed by atoms with Crippen LogP contribution in [0.2, 0.25) is 0 Å². The van der Waals surface area contributed by atoms with Crippen LogP contribution in [0.15, 0.2) is 24.3 Å². The number of halogens is 3. The molecular weight excluding hydrogens is 375 g/mol. The predicted molar refractivity (Wildman–Crippen MR) is 92.3 cm³/mol. The zero-order valence-electron chi connectivity index (χ0n) is 15.1. The van der Waals surface area contributed by atoms with Crippen LogP contribution in [0.4, 0.5) is 18.0 Å². The molecule has 28 heavy (non-hydrogen) atoms. The number of alkyl halides is 3. The van der Waals surface area contributed by atoms with Gasteiger partial charge in [-0.3, -0.25) is 14.5 Å². The molecule has 2 heterocycles. The van der Waals surface area contributed by atoms with Gasteiger partial charge in [0.05, 0.1) is 11.1 Å². The summed E-state index contributed by atoms with van der Waals surface area (Å²) in [6, 6.07) is 4.32. The van der Waals surface area contributed by atoms with Crippen LogP contribution < -0.4 is 0 Å². The van der Waals surface area contributed by atoms with E-state index >= 15 is 0 Å². The van der Waals surface area contributed by atoms with E-state index in [4.69, 9.17) is 0 Å². The van der Waals surface area contributed by atoms with Gasteiger partial charge in [-0.2, -0.15) is 13.2 Å². The zero-order chi connectivity index (χ0) is 20.1. The van der Waals surface area contributed by atoms with Gasteiger partial charge in [0, 0.05) is 25.2 Å². The van der Waals surface area contributed by atoms with E-state index in [9.17, 15) is 27.6 Å². The highest BCUT2D eigenvalue weighted by atomic mass is 19.4. The highest BCUT2D eigenvalue weighted by molar-refractivity contribution is 6.02. The number of rotatable bonds is 3. The summed E-state index contributed by atoms with van der Waals surface area (Å²) in [4.78, 5) is 41.5. The Hall–Kier alpha value is -2.58. The number of carbonyl (C=O) groups is 3. The van der Waals surface area contributed by atoms with Crippen molar-refractivity contribution in [2.45, 2.75) is 43.9 Å². The standard InChI is InChI=1S/C19H20F3N3O3/c20-19(21,22)15-4-2-1-3-14(15)17(27)23-9-7-12(8-10-23)24-11-16(26)25(18(24)28)13-5-6-13/h1-4,12-13H,5-11H2. The topological polar surface area (TPSA) is 60.9 Å². The average molecular weight is 395 g/mol. The molecule has 4 amide bonds. The molecule has 150 valence electrons. The molecule has 2 saturated heterocycles. The number of benzene rings is 1. The van der Waals surface area contributed by atoms with Crippen molar-refractivity contribution in [3.05, 3.63) is 35.4 Å². The van der Waals surface area contributed by atoms with Crippen molar-refractivity contribution in [2.75, 3.05) is 19.6 Å². The molecule has 0 unspecified atom stereocenters. The Labute approximate surface area is 159 Å². The largest absolute Gasteiger partial charge is 0.417 e. The number of hydrogen-bond acceptors (Lipinski definition) is 3. The zero-order valence-corrected chi connectivity index (χ0v) is 15.1. The van der Waals surface area contributed by atoms with Crippen molar-refractivity contribution < 1.29 is 27.6 Å². The van der Waals surface area contributed by atoms with Crippen molar-refractivity contribution in [3.63, 3.8) is 0 Å². The van der Waals surface area contributed by atoms with E-state index in [-0.39, 0.29) is 49.2 Å².